The van der Waals surface area contributed by atoms with E-state index in [0.717, 1.165) is 23.7 Å². The number of ether oxygens (including phenoxy) is 1. The molecule has 1 amide bonds. The molecular formula is C22H21FN2O3. The number of rotatable bonds is 6. The predicted molar refractivity (Wildman–Crippen MR) is 104 cm³/mol. The van der Waals surface area contributed by atoms with E-state index >= 15 is 0 Å². The van der Waals surface area contributed by atoms with E-state index in [2.05, 4.69) is 0 Å². The van der Waals surface area contributed by atoms with Gasteiger partial charge in [-0.2, -0.15) is 0 Å². The molecule has 0 spiro atoms. The molecule has 0 saturated carbocycles. The summed E-state index contributed by atoms with van der Waals surface area (Å²) in [6.45, 7) is 1.95. The summed E-state index contributed by atoms with van der Waals surface area (Å²) in [6.07, 6.45) is 3.58. The van der Waals surface area contributed by atoms with E-state index in [0.29, 0.717) is 25.2 Å². The first-order valence-electron chi connectivity index (χ1n) is 9.44. The summed E-state index contributed by atoms with van der Waals surface area (Å²) in [5.74, 6) is -1.14. The van der Waals surface area contributed by atoms with Gasteiger partial charge in [0.25, 0.3) is 11.7 Å². The molecule has 1 fully saturated rings. The highest BCUT2D eigenvalue weighted by atomic mass is 19.1. The minimum absolute atomic E-state index is 0.194. The van der Waals surface area contributed by atoms with Gasteiger partial charge in [-0.25, -0.2) is 4.39 Å². The smallest absolute Gasteiger partial charge is 0.295 e. The van der Waals surface area contributed by atoms with Gasteiger partial charge in [0.05, 0.1) is 12.1 Å². The van der Waals surface area contributed by atoms with Crippen molar-refractivity contribution < 1.29 is 18.7 Å². The van der Waals surface area contributed by atoms with Gasteiger partial charge < -0.3 is 14.2 Å². The lowest BCUT2D eigenvalue weighted by atomic mass is 10.1. The van der Waals surface area contributed by atoms with Gasteiger partial charge in [0.15, 0.2) is 11.6 Å². The summed E-state index contributed by atoms with van der Waals surface area (Å²) in [4.78, 5) is 27.0. The maximum atomic E-state index is 13.7. The van der Waals surface area contributed by atoms with E-state index in [1.165, 1.54) is 6.07 Å². The third-order valence-corrected chi connectivity index (χ3v) is 5.05. The fourth-order valence-electron chi connectivity index (χ4n) is 3.61. The van der Waals surface area contributed by atoms with Crippen LogP contribution in [0.4, 0.5) is 4.39 Å². The summed E-state index contributed by atoms with van der Waals surface area (Å²) < 4.78 is 21.1. The van der Waals surface area contributed by atoms with Crippen molar-refractivity contribution in [2.75, 3.05) is 19.7 Å². The number of ketones is 1. The molecule has 144 valence electrons. The van der Waals surface area contributed by atoms with Crippen LogP contribution in [-0.4, -0.2) is 40.9 Å². The van der Waals surface area contributed by atoms with Crippen LogP contribution < -0.4 is 4.74 Å². The summed E-state index contributed by atoms with van der Waals surface area (Å²) in [5, 5.41) is 0.742. The molecule has 28 heavy (non-hydrogen) atoms. The maximum Gasteiger partial charge on any atom is 0.295 e. The first-order valence-corrected chi connectivity index (χ1v) is 9.44. The number of para-hydroxylation sites is 2. The number of hydrogen-bond donors (Lipinski definition) is 0. The van der Waals surface area contributed by atoms with Crippen LogP contribution >= 0.6 is 0 Å². The molecule has 2 heterocycles. The first-order chi connectivity index (χ1) is 13.6. The minimum Gasteiger partial charge on any atom is -0.489 e. The van der Waals surface area contributed by atoms with E-state index in [-0.39, 0.29) is 12.4 Å². The Morgan fingerprint density at radius 2 is 1.71 bits per heavy atom. The molecule has 0 unspecified atom stereocenters. The number of likely N-dealkylation sites (tertiary alicyclic amines) is 1. The Balaban J connectivity index is 1.55. The Morgan fingerprint density at radius 1 is 1.00 bits per heavy atom. The second-order valence-corrected chi connectivity index (χ2v) is 6.86. The fourth-order valence-corrected chi connectivity index (χ4v) is 3.61. The molecule has 2 aromatic carbocycles. The van der Waals surface area contributed by atoms with Gasteiger partial charge >= 0.3 is 0 Å². The number of benzene rings is 2. The molecule has 5 nitrogen and oxygen atoms in total. The molecule has 6 heteroatoms. The van der Waals surface area contributed by atoms with Crippen molar-refractivity contribution in [2.24, 2.45) is 0 Å². The van der Waals surface area contributed by atoms with Crippen LogP contribution in [0.1, 0.15) is 23.2 Å². The molecule has 0 radical (unpaired) electrons. The average molecular weight is 380 g/mol. The van der Waals surface area contributed by atoms with Crippen molar-refractivity contribution in [1.29, 1.82) is 0 Å². The van der Waals surface area contributed by atoms with E-state index < -0.39 is 17.5 Å². The molecule has 3 aromatic rings. The van der Waals surface area contributed by atoms with Crippen LogP contribution in [0, 0.1) is 5.82 Å². The zero-order valence-corrected chi connectivity index (χ0v) is 15.4. The highest BCUT2D eigenvalue weighted by Gasteiger charge is 2.27. The monoisotopic (exact) mass is 380 g/mol. The summed E-state index contributed by atoms with van der Waals surface area (Å²) in [5.41, 5.74) is 1.25. The van der Waals surface area contributed by atoms with Crippen LogP contribution in [0.15, 0.2) is 54.7 Å². The standard InChI is InChI=1S/C22H21FN2O3/c23-18-8-2-4-10-20(18)28-14-13-25-15-17(16-7-1-3-9-19(16)25)21(26)22(27)24-11-5-6-12-24/h1-4,7-10,15H,5-6,11-14H2. The lowest BCUT2D eigenvalue weighted by Gasteiger charge is -2.13. The van der Waals surface area contributed by atoms with Crippen LogP contribution in [0.3, 0.4) is 0 Å². The number of carbonyl (C=O) groups excluding carboxylic acids is 2. The van der Waals surface area contributed by atoms with Crippen LogP contribution in [0.25, 0.3) is 10.9 Å². The topological polar surface area (TPSA) is 51.5 Å². The molecule has 0 N–H and O–H groups in total. The fraction of sp³-hybridized carbons (Fsp3) is 0.273. The van der Waals surface area contributed by atoms with Gasteiger partial charge in [0.1, 0.15) is 6.61 Å². The number of carbonyl (C=O) groups is 2. The number of fused-ring (bicyclic) bond motifs is 1. The van der Waals surface area contributed by atoms with Crippen molar-refractivity contribution in [1.82, 2.24) is 9.47 Å². The van der Waals surface area contributed by atoms with E-state index in [1.54, 1.807) is 29.3 Å². The number of aromatic nitrogens is 1. The molecule has 1 aromatic heterocycles. The summed E-state index contributed by atoms with van der Waals surface area (Å²) in [6, 6.07) is 13.7. The largest absolute Gasteiger partial charge is 0.489 e. The molecule has 1 aliphatic rings. The number of nitrogens with zero attached hydrogens (tertiary/aromatic N) is 2. The van der Waals surface area contributed by atoms with Crippen LogP contribution in [0.5, 0.6) is 5.75 Å². The predicted octanol–water partition coefficient (Wildman–Crippen LogP) is 3.66. The number of Topliss-reactive ketones (excluding diaryl/α,β-unsaturated/α-hetero) is 1. The Bertz CT molecular complexity index is 1020. The lowest BCUT2D eigenvalue weighted by molar-refractivity contribution is -0.125. The second kappa shape index (κ2) is 7.84. The number of hydrogen-bond acceptors (Lipinski definition) is 3. The SMILES string of the molecule is O=C(C(=O)N1CCCC1)c1cn(CCOc2ccccc2F)c2ccccc12. The molecule has 0 aliphatic carbocycles. The van der Waals surface area contributed by atoms with Gasteiger partial charge in [-0.3, -0.25) is 9.59 Å². The van der Waals surface area contributed by atoms with Gasteiger partial charge in [-0.15, -0.1) is 0 Å². The van der Waals surface area contributed by atoms with E-state index in [9.17, 15) is 14.0 Å². The Labute approximate surface area is 162 Å². The van der Waals surface area contributed by atoms with Crippen molar-refractivity contribution >= 4 is 22.6 Å². The van der Waals surface area contributed by atoms with E-state index in [4.69, 9.17) is 4.74 Å². The van der Waals surface area contributed by atoms with E-state index in [1.807, 2.05) is 28.8 Å². The molecule has 1 saturated heterocycles. The van der Waals surface area contributed by atoms with Crippen LogP contribution in [0.2, 0.25) is 0 Å². The zero-order chi connectivity index (χ0) is 19.5. The number of amides is 1. The maximum absolute atomic E-state index is 13.7. The average Bonchev–Trinajstić information content (AvgIpc) is 3.37. The third-order valence-electron chi connectivity index (χ3n) is 5.05. The van der Waals surface area contributed by atoms with Gasteiger partial charge in [0.2, 0.25) is 0 Å². The highest BCUT2D eigenvalue weighted by molar-refractivity contribution is 6.44. The summed E-state index contributed by atoms with van der Waals surface area (Å²) in [7, 11) is 0. The molecule has 0 atom stereocenters. The van der Waals surface area contributed by atoms with Crippen molar-refractivity contribution in [2.45, 2.75) is 19.4 Å². The Morgan fingerprint density at radius 3 is 2.50 bits per heavy atom. The minimum atomic E-state index is -0.480. The highest BCUT2D eigenvalue weighted by Crippen LogP contribution is 2.23. The Hall–Kier alpha value is -3.15. The van der Waals surface area contributed by atoms with Crippen molar-refractivity contribution in [3.05, 3.63) is 66.1 Å². The normalized spacial score (nSPS) is 13.8. The molecule has 0 bridgehead atoms. The third kappa shape index (κ3) is 3.50. The number of halogens is 1. The lowest BCUT2D eigenvalue weighted by Crippen LogP contribution is -2.34. The van der Waals surface area contributed by atoms with Crippen LogP contribution in [-0.2, 0) is 11.3 Å². The molecule has 4 rings (SSSR count). The Kier molecular flexibility index (Phi) is 5.10. The summed E-state index contributed by atoms with van der Waals surface area (Å²) >= 11 is 0. The van der Waals surface area contributed by atoms with Crippen molar-refractivity contribution in [3.63, 3.8) is 0 Å². The zero-order valence-electron chi connectivity index (χ0n) is 15.4. The van der Waals surface area contributed by atoms with Gasteiger partial charge in [0, 0.05) is 30.2 Å². The van der Waals surface area contributed by atoms with Gasteiger partial charge in [-0.05, 0) is 31.0 Å². The molecular weight excluding hydrogens is 359 g/mol. The molecule has 1 aliphatic heterocycles. The first kappa shape index (κ1) is 18.2. The van der Waals surface area contributed by atoms with Crippen molar-refractivity contribution in [3.8, 4) is 5.75 Å². The van der Waals surface area contributed by atoms with Gasteiger partial charge in [-0.1, -0.05) is 30.3 Å². The second-order valence-electron chi connectivity index (χ2n) is 6.86. The quantitative estimate of drug-likeness (QED) is 0.484.